The summed E-state index contributed by atoms with van der Waals surface area (Å²) in [6.45, 7) is 4.87. The number of likely N-dealkylation sites (N-methyl/N-ethyl adjacent to an activating group) is 1. The summed E-state index contributed by atoms with van der Waals surface area (Å²) in [6.07, 6.45) is 2.59. The van der Waals surface area contributed by atoms with Gasteiger partial charge in [-0.05, 0) is 38.6 Å². The summed E-state index contributed by atoms with van der Waals surface area (Å²) in [5.74, 6) is 0. The van der Waals surface area contributed by atoms with E-state index in [1.807, 2.05) is 0 Å². The lowest BCUT2D eigenvalue weighted by molar-refractivity contribution is 0.199. The molecule has 0 bridgehead atoms. The van der Waals surface area contributed by atoms with Crippen molar-refractivity contribution in [2.45, 2.75) is 25.4 Å². The molecular weight excluding hydrogens is 262 g/mol. The van der Waals surface area contributed by atoms with Crippen molar-refractivity contribution in [1.29, 1.82) is 0 Å². The average Bonchev–Trinajstić information content (AvgIpc) is 2.91. The number of anilines is 1. The van der Waals surface area contributed by atoms with Gasteiger partial charge in [-0.1, -0.05) is 18.2 Å². The third-order valence-electron chi connectivity index (χ3n) is 4.05. The van der Waals surface area contributed by atoms with Crippen LogP contribution in [0.1, 0.15) is 18.4 Å². The highest BCUT2D eigenvalue weighted by molar-refractivity contribution is 5.55. The van der Waals surface area contributed by atoms with Crippen molar-refractivity contribution in [2.75, 3.05) is 52.3 Å². The summed E-state index contributed by atoms with van der Waals surface area (Å²) >= 11 is 0. The molecule has 1 aromatic rings. The van der Waals surface area contributed by atoms with Crippen LogP contribution < -0.4 is 10.2 Å². The minimum absolute atomic E-state index is 0.639. The molecule has 118 valence electrons. The maximum atomic E-state index is 5.09. The van der Waals surface area contributed by atoms with Gasteiger partial charge in [0.2, 0.25) is 0 Å². The molecule has 1 saturated heterocycles. The molecule has 21 heavy (non-hydrogen) atoms. The summed E-state index contributed by atoms with van der Waals surface area (Å²) in [4.78, 5) is 4.88. The zero-order chi connectivity index (χ0) is 15.1. The molecule has 4 heteroatoms. The van der Waals surface area contributed by atoms with Gasteiger partial charge >= 0.3 is 0 Å². The molecule has 1 aliphatic heterocycles. The van der Waals surface area contributed by atoms with Gasteiger partial charge in [0, 0.05) is 45.0 Å². The lowest BCUT2D eigenvalue weighted by Gasteiger charge is -2.30. The minimum Gasteiger partial charge on any atom is -0.383 e. The molecule has 0 radical (unpaired) electrons. The molecule has 0 saturated carbocycles. The van der Waals surface area contributed by atoms with Gasteiger partial charge in [-0.2, -0.15) is 0 Å². The van der Waals surface area contributed by atoms with E-state index < -0.39 is 0 Å². The largest absolute Gasteiger partial charge is 0.383 e. The number of nitrogens with one attached hydrogen (secondary N) is 1. The highest BCUT2D eigenvalue weighted by Crippen LogP contribution is 2.28. The first kappa shape index (κ1) is 16.3. The predicted octanol–water partition coefficient (Wildman–Crippen LogP) is 1.95. The van der Waals surface area contributed by atoms with E-state index in [0.29, 0.717) is 6.04 Å². The number of methoxy groups -OCH3 is 1. The fourth-order valence-electron chi connectivity index (χ4n) is 3.10. The molecule has 1 atom stereocenters. The van der Waals surface area contributed by atoms with E-state index in [-0.39, 0.29) is 0 Å². The topological polar surface area (TPSA) is 27.7 Å². The van der Waals surface area contributed by atoms with Crippen LogP contribution in [0.15, 0.2) is 24.3 Å². The molecule has 1 N–H and O–H groups in total. The third kappa shape index (κ3) is 4.70. The van der Waals surface area contributed by atoms with Crippen LogP contribution in [0.4, 0.5) is 5.69 Å². The van der Waals surface area contributed by atoms with Crippen LogP contribution in [0, 0.1) is 0 Å². The molecule has 0 spiro atoms. The maximum Gasteiger partial charge on any atom is 0.0587 e. The zero-order valence-corrected chi connectivity index (χ0v) is 13.6. The van der Waals surface area contributed by atoms with Crippen LogP contribution in [-0.2, 0) is 11.3 Å². The minimum atomic E-state index is 0.639. The van der Waals surface area contributed by atoms with Crippen LogP contribution in [0.2, 0.25) is 0 Å². The number of ether oxygens (including phenoxy) is 1. The van der Waals surface area contributed by atoms with Crippen molar-refractivity contribution in [3.05, 3.63) is 29.8 Å². The van der Waals surface area contributed by atoms with E-state index in [1.54, 1.807) is 7.11 Å². The Kier molecular flexibility index (Phi) is 6.49. The van der Waals surface area contributed by atoms with Crippen molar-refractivity contribution < 1.29 is 4.74 Å². The normalized spacial score (nSPS) is 18.7. The van der Waals surface area contributed by atoms with Gasteiger partial charge < -0.3 is 19.9 Å². The van der Waals surface area contributed by atoms with Crippen LogP contribution >= 0.6 is 0 Å². The van der Waals surface area contributed by atoms with Crippen LogP contribution in [0.5, 0.6) is 0 Å². The second kappa shape index (κ2) is 8.37. The van der Waals surface area contributed by atoms with Gasteiger partial charge in [-0.3, -0.25) is 0 Å². The molecule has 4 nitrogen and oxygen atoms in total. The van der Waals surface area contributed by atoms with Crippen LogP contribution in [0.25, 0.3) is 0 Å². The number of rotatable bonds is 8. The highest BCUT2D eigenvalue weighted by atomic mass is 16.5. The molecule has 1 aromatic carbocycles. The Labute approximate surface area is 129 Å². The Hall–Kier alpha value is -1.10. The van der Waals surface area contributed by atoms with E-state index in [0.717, 1.165) is 26.2 Å². The van der Waals surface area contributed by atoms with Crippen molar-refractivity contribution in [3.8, 4) is 0 Å². The smallest absolute Gasteiger partial charge is 0.0587 e. The maximum absolute atomic E-state index is 5.09. The predicted molar refractivity (Wildman–Crippen MR) is 88.9 cm³/mol. The molecular formula is C17H29N3O. The molecule has 0 aromatic heterocycles. The Bertz CT molecular complexity index is 422. The second-order valence-electron chi connectivity index (χ2n) is 6.05. The Balaban J connectivity index is 2.04. The second-order valence-corrected chi connectivity index (χ2v) is 6.05. The number of para-hydroxylation sites is 1. The fraction of sp³-hybridized carbons (Fsp3) is 0.647. The zero-order valence-electron chi connectivity index (χ0n) is 13.6. The number of nitrogens with zero attached hydrogens (tertiary/aromatic N) is 2. The summed E-state index contributed by atoms with van der Waals surface area (Å²) in [5.41, 5.74) is 2.78. The molecule has 0 aliphatic carbocycles. The van der Waals surface area contributed by atoms with Crippen molar-refractivity contribution in [3.63, 3.8) is 0 Å². The molecule has 1 heterocycles. The summed E-state index contributed by atoms with van der Waals surface area (Å²) in [5, 5.41) is 3.46. The van der Waals surface area contributed by atoms with Crippen LogP contribution in [-0.4, -0.2) is 58.4 Å². The quantitative estimate of drug-likeness (QED) is 0.741. The van der Waals surface area contributed by atoms with Gasteiger partial charge in [0.15, 0.2) is 0 Å². The van der Waals surface area contributed by atoms with Crippen molar-refractivity contribution >= 4 is 5.69 Å². The number of benzene rings is 1. The first-order valence-corrected chi connectivity index (χ1v) is 7.91. The van der Waals surface area contributed by atoms with Crippen molar-refractivity contribution in [1.82, 2.24) is 10.2 Å². The van der Waals surface area contributed by atoms with Crippen molar-refractivity contribution in [2.24, 2.45) is 0 Å². The Morgan fingerprint density at radius 2 is 2.14 bits per heavy atom. The van der Waals surface area contributed by atoms with E-state index >= 15 is 0 Å². The summed E-state index contributed by atoms with van der Waals surface area (Å²) < 4.78 is 5.09. The fourth-order valence-corrected chi connectivity index (χ4v) is 3.10. The molecule has 0 amide bonds. The first-order valence-electron chi connectivity index (χ1n) is 7.91. The van der Waals surface area contributed by atoms with Crippen LogP contribution in [0.3, 0.4) is 0 Å². The summed E-state index contributed by atoms with van der Waals surface area (Å²) in [6, 6.07) is 9.43. The van der Waals surface area contributed by atoms with E-state index in [9.17, 15) is 0 Å². The van der Waals surface area contributed by atoms with Gasteiger partial charge in [0.25, 0.3) is 0 Å². The van der Waals surface area contributed by atoms with E-state index in [4.69, 9.17) is 4.74 Å². The lowest BCUT2D eigenvalue weighted by atomic mass is 10.1. The highest BCUT2D eigenvalue weighted by Gasteiger charge is 2.26. The molecule has 2 rings (SSSR count). The standard InChI is InChI=1S/C17H29N3O/c1-19(2)14-16-8-6-11-20(16)17-9-5-4-7-15(17)13-18-10-12-21-3/h4-5,7,9,16,18H,6,8,10-14H2,1-3H3. The lowest BCUT2D eigenvalue weighted by Crippen LogP contribution is -2.38. The average molecular weight is 291 g/mol. The van der Waals surface area contributed by atoms with E-state index in [1.165, 1.54) is 30.6 Å². The first-order chi connectivity index (χ1) is 10.2. The molecule has 1 aliphatic rings. The van der Waals surface area contributed by atoms with E-state index in [2.05, 4.69) is 53.5 Å². The molecule has 1 fully saturated rings. The SMILES string of the molecule is COCCNCc1ccccc1N1CCCC1CN(C)C. The molecule has 1 unspecified atom stereocenters. The monoisotopic (exact) mass is 291 g/mol. The number of hydrogen-bond acceptors (Lipinski definition) is 4. The Morgan fingerprint density at radius 1 is 1.33 bits per heavy atom. The van der Waals surface area contributed by atoms with Gasteiger partial charge in [0.05, 0.1) is 6.61 Å². The van der Waals surface area contributed by atoms with Gasteiger partial charge in [-0.15, -0.1) is 0 Å². The number of hydrogen-bond donors (Lipinski definition) is 1. The third-order valence-corrected chi connectivity index (χ3v) is 4.05. The van der Waals surface area contributed by atoms with Gasteiger partial charge in [-0.25, -0.2) is 0 Å². The summed E-state index contributed by atoms with van der Waals surface area (Å²) in [7, 11) is 6.06. The Morgan fingerprint density at radius 3 is 2.90 bits per heavy atom. The van der Waals surface area contributed by atoms with Gasteiger partial charge in [0.1, 0.15) is 0 Å².